The van der Waals surface area contributed by atoms with Gasteiger partial charge in [-0.25, -0.2) is 4.79 Å². The second-order valence-corrected chi connectivity index (χ2v) is 11.5. The van der Waals surface area contributed by atoms with Gasteiger partial charge in [-0.3, -0.25) is 4.79 Å². The number of hydrogen-bond acceptors (Lipinski definition) is 5. The number of benzene rings is 1. The highest BCUT2D eigenvalue weighted by Gasteiger charge is 2.55. The van der Waals surface area contributed by atoms with E-state index in [1.807, 2.05) is 11.0 Å². The van der Waals surface area contributed by atoms with Crippen molar-refractivity contribution >= 4 is 11.9 Å². The molecule has 0 aromatic heterocycles. The highest BCUT2D eigenvalue weighted by Crippen LogP contribution is 2.58. The first-order valence-electron chi connectivity index (χ1n) is 14.3. The predicted molar refractivity (Wildman–Crippen MR) is 138 cm³/mol. The van der Waals surface area contributed by atoms with Crippen LogP contribution in [0.4, 0.5) is 0 Å². The molecule has 3 fully saturated rings. The third-order valence-corrected chi connectivity index (χ3v) is 9.36. The monoisotopic (exact) mass is 497 g/mol. The van der Waals surface area contributed by atoms with E-state index in [4.69, 9.17) is 14.2 Å². The fourth-order valence-corrected chi connectivity index (χ4v) is 7.49. The van der Waals surface area contributed by atoms with Gasteiger partial charge in [-0.05, 0) is 98.8 Å². The first-order valence-corrected chi connectivity index (χ1v) is 14.3. The molecule has 5 rings (SSSR count). The Hall–Kier alpha value is -1.92. The molecule has 0 unspecified atom stereocenters. The predicted octanol–water partition coefficient (Wildman–Crippen LogP) is 5.13. The number of carbonyl (C=O) groups excluding carboxylic acids is 2. The van der Waals surface area contributed by atoms with Crippen LogP contribution in [0.25, 0.3) is 0 Å². The van der Waals surface area contributed by atoms with E-state index in [0.29, 0.717) is 55.5 Å². The lowest BCUT2D eigenvalue weighted by atomic mass is 9.56. The standard InChI is InChI=1S/C30H43NO5/c1-3-4-16-35-29(33)22-9-10-24-21(19-22)8-11-26-25(24)12-13-30(2)28(26)23(20-36-30)6-5-7-27(32)31-14-17-34-18-15-31/h9-10,19,23,25-26,28H,3-8,11-18,20H2,1-2H3/t23-,25+,26+,28-,30-/m0/s1. The van der Waals surface area contributed by atoms with Crippen LogP contribution in [-0.4, -0.2) is 61.9 Å². The molecule has 1 amide bonds. The molecule has 0 N–H and O–H groups in total. The highest BCUT2D eigenvalue weighted by atomic mass is 16.5. The minimum Gasteiger partial charge on any atom is -0.462 e. The van der Waals surface area contributed by atoms with E-state index in [0.717, 1.165) is 71.1 Å². The molecule has 1 aromatic rings. The van der Waals surface area contributed by atoms with Crippen molar-refractivity contribution in [1.29, 1.82) is 0 Å². The molecule has 1 saturated carbocycles. The van der Waals surface area contributed by atoms with Gasteiger partial charge < -0.3 is 19.1 Å². The number of amides is 1. The number of nitrogens with zero attached hydrogens (tertiary/aromatic N) is 1. The maximum atomic E-state index is 12.6. The number of morpholine rings is 1. The largest absolute Gasteiger partial charge is 0.462 e. The lowest BCUT2D eigenvalue weighted by Crippen LogP contribution is -2.46. The van der Waals surface area contributed by atoms with Crippen LogP contribution in [0.3, 0.4) is 0 Å². The summed E-state index contributed by atoms with van der Waals surface area (Å²) in [4.78, 5) is 27.1. The first kappa shape index (κ1) is 25.7. The van der Waals surface area contributed by atoms with Gasteiger partial charge in [0.1, 0.15) is 0 Å². The Balaban J connectivity index is 1.23. The molecular weight excluding hydrogens is 454 g/mol. The van der Waals surface area contributed by atoms with Gasteiger partial charge in [0.15, 0.2) is 0 Å². The van der Waals surface area contributed by atoms with Gasteiger partial charge in [-0.1, -0.05) is 19.4 Å². The van der Waals surface area contributed by atoms with E-state index in [9.17, 15) is 9.59 Å². The van der Waals surface area contributed by atoms with E-state index in [-0.39, 0.29) is 17.5 Å². The summed E-state index contributed by atoms with van der Waals surface area (Å²) < 4.78 is 17.3. The Labute approximate surface area is 216 Å². The lowest BCUT2D eigenvalue weighted by molar-refractivity contribution is -0.135. The van der Waals surface area contributed by atoms with E-state index in [2.05, 4.69) is 26.0 Å². The average Bonchev–Trinajstić information content (AvgIpc) is 3.25. The van der Waals surface area contributed by atoms with Crippen molar-refractivity contribution < 1.29 is 23.8 Å². The molecule has 2 heterocycles. The van der Waals surface area contributed by atoms with Crippen LogP contribution in [0.15, 0.2) is 18.2 Å². The Kier molecular flexibility index (Phi) is 8.02. The Morgan fingerprint density at radius 3 is 2.81 bits per heavy atom. The van der Waals surface area contributed by atoms with E-state index in [1.54, 1.807) is 0 Å². The second kappa shape index (κ2) is 11.2. The fraction of sp³-hybridized carbons (Fsp3) is 0.733. The van der Waals surface area contributed by atoms with Gasteiger partial charge in [0.05, 0.1) is 37.6 Å². The zero-order valence-corrected chi connectivity index (χ0v) is 22.1. The summed E-state index contributed by atoms with van der Waals surface area (Å²) in [7, 11) is 0. The van der Waals surface area contributed by atoms with Gasteiger partial charge in [0.25, 0.3) is 0 Å². The van der Waals surface area contributed by atoms with Crippen LogP contribution in [0, 0.1) is 17.8 Å². The molecule has 36 heavy (non-hydrogen) atoms. The number of hydrogen-bond donors (Lipinski definition) is 0. The molecule has 2 aliphatic carbocycles. The van der Waals surface area contributed by atoms with Crippen molar-refractivity contribution in [1.82, 2.24) is 4.90 Å². The van der Waals surface area contributed by atoms with Crippen molar-refractivity contribution in [3.8, 4) is 0 Å². The zero-order chi connectivity index (χ0) is 25.1. The van der Waals surface area contributed by atoms with Crippen molar-refractivity contribution in [2.75, 3.05) is 39.5 Å². The van der Waals surface area contributed by atoms with Crippen LogP contribution in [0.2, 0.25) is 0 Å². The third kappa shape index (κ3) is 5.22. The van der Waals surface area contributed by atoms with E-state index >= 15 is 0 Å². The summed E-state index contributed by atoms with van der Waals surface area (Å²) >= 11 is 0. The summed E-state index contributed by atoms with van der Waals surface area (Å²) in [6.45, 7) is 8.54. The smallest absolute Gasteiger partial charge is 0.338 e. The lowest BCUT2D eigenvalue weighted by Gasteiger charge is -2.49. The first-order chi connectivity index (χ1) is 17.5. The van der Waals surface area contributed by atoms with Crippen molar-refractivity contribution in [3.05, 3.63) is 34.9 Å². The molecular formula is C30H43NO5. The normalized spacial score (nSPS) is 31.3. The van der Waals surface area contributed by atoms with Crippen molar-refractivity contribution in [2.24, 2.45) is 17.8 Å². The van der Waals surface area contributed by atoms with Crippen LogP contribution in [0.1, 0.15) is 92.6 Å². The SMILES string of the molecule is CCCCOC(=O)c1ccc2c(c1)CC[C@H]1[C@@H]3[C@@H](CCCC(=O)N4CCOCC4)CO[C@@]3(C)CC[C@H]21. The number of rotatable bonds is 8. The molecule has 6 nitrogen and oxygen atoms in total. The van der Waals surface area contributed by atoms with Crippen molar-refractivity contribution in [2.45, 2.75) is 83.2 Å². The number of fused-ring (bicyclic) bond motifs is 5. The topological polar surface area (TPSA) is 65.1 Å². The van der Waals surface area contributed by atoms with Crippen LogP contribution in [-0.2, 0) is 25.4 Å². The van der Waals surface area contributed by atoms with E-state index in [1.165, 1.54) is 11.1 Å². The molecule has 4 aliphatic rings. The van der Waals surface area contributed by atoms with E-state index < -0.39 is 0 Å². The molecule has 1 aromatic carbocycles. The van der Waals surface area contributed by atoms with Gasteiger partial charge in [0, 0.05) is 19.5 Å². The minimum atomic E-state index is -0.194. The summed E-state index contributed by atoms with van der Waals surface area (Å²) in [5.74, 6) is 2.30. The molecule has 2 aliphatic heterocycles. The quantitative estimate of drug-likeness (QED) is 0.368. The van der Waals surface area contributed by atoms with Gasteiger partial charge in [-0.15, -0.1) is 0 Å². The average molecular weight is 498 g/mol. The van der Waals surface area contributed by atoms with Crippen LogP contribution in [0.5, 0.6) is 0 Å². The molecule has 0 spiro atoms. The van der Waals surface area contributed by atoms with Crippen LogP contribution >= 0.6 is 0 Å². The molecule has 0 radical (unpaired) electrons. The molecule has 6 heteroatoms. The maximum Gasteiger partial charge on any atom is 0.338 e. The third-order valence-electron chi connectivity index (χ3n) is 9.36. The van der Waals surface area contributed by atoms with Gasteiger partial charge in [-0.2, -0.15) is 0 Å². The summed E-state index contributed by atoms with van der Waals surface area (Å²) in [6, 6.07) is 6.27. The van der Waals surface area contributed by atoms with Gasteiger partial charge >= 0.3 is 5.97 Å². The number of esters is 1. The summed E-state index contributed by atoms with van der Waals surface area (Å²) in [5, 5.41) is 0. The summed E-state index contributed by atoms with van der Waals surface area (Å²) in [6.07, 6.45) is 8.97. The van der Waals surface area contributed by atoms with Crippen molar-refractivity contribution in [3.63, 3.8) is 0 Å². The number of ether oxygens (including phenoxy) is 3. The summed E-state index contributed by atoms with van der Waals surface area (Å²) in [5.41, 5.74) is 3.42. The van der Waals surface area contributed by atoms with Crippen LogP contribution < -0.4 is 0 Å². The van der Waals surface area contributed by atoms with Gasteiger partial charge in [0.2, 0.25) is 5.91 Å². The number of aryl methyl sites for hydroxylation is 1. The number of carbonyl (C=O) groups is 2. The Morgan fingerprint density at radius 1 is 1.17 bits per heavy atom. The Morgan fingerprint density at radius 2 is 2.00 bits per heavy atom. The molecule has 0 bridgehead atoms. The fourth-order valence-electron chi connectivity index (χ4n) is 7.49. The second-order valence-electron chi connectivity index (χ2n) is 11.5. The number of unbranched alkanes of at least 4 members (excludes halogenated alkanes) is 1. The zero-order valence-electron chi connectivity index (χ0n) is 22.1. The Bertz CT molecular complexity index is 941. The highest BCUT2D eigenvalue weighted by molar-refractivity contribution is 5.89. The maximum absolute atomic E-state index is 12.6. The molecule has 198 valence electrons. The molecule has 5 atom stereocenters. The molecule has 2 saturated heterocycles. The minimum absolute atomic E-state index is 0.0411.